The Balaban J connectivity index is 1.49. The number of carbonyl (C=O) groups excluding carboxylic acids is 1. The van der Waals surface area contributed by atoms with Crippen LogP contribution >= 0.6 is 0 Å². The smallest absolute Gasteiger partial charge is 0.272 e. The van der Waals surface area contributed by atoms with E-state index in [0.717, 1.165) is 37.0 Å². The number of aliphatic hydroxyl groups is 1. The standard InChI is InChI=1S/C22H32N4O2/c1-14(2)20-24-19(18-7-5-6-10-25(18)20)21(27)23-15-11-16-8-9-17(12-15)26(16)13-22(3,4)28/h5-7,10,14-17,28H,8-9,11-13H2,1-4H3,(H,23,27). The Bertz CT molecular complexity index is 853. The van der Waals surface area contributed by atoms with Gasteiger partial charge in [-0.25, -0.2) is 4.98 Å². The quantitative estimate of drug-likeness (QED) is 0.832. The molecule has 4 rings (SSSR count). The van der Waals surface area contributed by atoms with Crippen molar-refractivity contribution in [3.05, 3.63) is 35.9 Å². The van der Waals surface area contributed by atoms with Crippen LogP contribution in [-0.2, 0) is 0 Å². The summed E-state index contributed by atoms with van der Waals surface area (Å²) < 4.78 is 2.02. The normalized spacial score (nSPS) is 25.6. The molecule has 4 heterocycles. The molecular weight excluding hydrogens is 352 g/mol. The van der Waals surface area contributed by atoms with Crippen LogP contribution in [0.3, 0.4) is 0 Å². The molecule has 2 saturated heterocycles. The molecule has 2 N–H and O–H groups in total. The molecule has 0 aromatic carbocycles. The molecule has 2 fully saturated rings. The van der Waals surface area contributed by atoms with Gasteiger partial charge < -0.3 is 14.8 Å². The zero-order valence-electron chi connectivity index (χ0n) is 17.4. The number of piperidine rings is 1. The second kappa shape index (κ2) is 7.16. The van der Waals surface area contributed by atoms with Crippen molar-refractivity contribution in [2.45, 2.75) is 83.0 Å². The summed E-state index contributed by atoms with van der Waals surface area (Å²) >= 11 is 0. The first kappa shape index (κ1) is 19.4. The van der Waals surface area contributed by atoms with Crippen molar-refractivity contribution in [2.24, 2.45) is 0 Å². The van der Waals surface area contributed by atoms with Crippen molar-refractivity contribution < 1.29 is 9.90 Å². The van der Waals surface area contributed by atoms with Gasteiger partial charge in [-0.15, -0.1) is 0 Å². The van der Waals surface area contributed by atoms with Crippen LogP contribution in [0.15, 0.2) is 24.4 Å². The van der Waals surface area contributed by atoms with Crippen molar-refractivity contribution in [2.75, 3.05) is 6.54 Å². The highest BCUT2D eigenvalue weighted by Crippen LogP contribution is 2.36. The molecule has 2 aliphatic rings. The number of hydrogen-bond donors (Lipinski definition) is 2. The van der Waals surface area contributed by atoms with Crippen molar-refractivity contribution in [1.82, 2.24) is 19.6 Å². The number of rotatable bonds is 5. The molecule has 2 unspecified atom stereocenters. The van der Waals surface area contributed by atoms with Gasteiger partial charge in [0, 0.05) is 36.8 Å². The highest BCUT2D eigenvalue weighted by atomic mass is 16.3. The molecule has 28 heavy (non-hydrogen) atoms. The summed E-state index contributed by atoms with van der Waals surface area (Å²) in [6.07, 6.45) is 6.17. The zero-order valence-corrected chi connectivity index (χ0v) is 17.4. The van der Waals surface area contributed by atoms with E-state index in [1.165, 1.54) is 0 Å². The Labute approximate surface area is 166 Å². The number of aromatic nitrogens is 2. The van der Waals surface area contributed by atoms with Gasteiger partial charge in [0.05, 0.1) is 11.1 Å². The second-order valence-electron chi connectivity index (χ2n) is 9.44. The largest absolute Gasteiger partial charge is 0.389 e. The molecule has 0 saturated carbocycles. The number of fused-ring (bicyclic) bond motifs is 3. The topological polar surface area (TPSA) is 69.9 Å². The molecule has 2 aliphatic heterocycles. The van der Waals surface area contributed by atoms with E-state index in [4.69, 9.17) is 0 Å². The molecule has 6 heteroatoms. The van der Waals surface area contributed by atoms with Crippen LogP contribution in [0.2, 0.25) is 0 Å². The fourth-order valence-corrected chi connectivity index (χ4v) is 4.99. The first-order valence-corrected chi connectivity index (χ1v) is 10.5. The summed E-state index contributed by atoms with van der Waals surface area (Å²) in [6, 6.07) is 6.95. The average molecular weight is 385 g/mol. The fraction of sp³-hybridized carbons (Fsp3) is 0.636. The molecule has 2 bridgehead atoms. The van der Waals surface area contributed by atoms with Gasteiger partial charge in [0.25, 0.3) is 5.91 Å². The summed E-state index contributed by atoms with van der Waals surface area (Å²) in [5.74, 6) is 1.09. The summed E-state index contributed by atoms with van der Waals surface area (Å²) in [5.41, 5.74) is 0.709. The Morgan fingerprint density at radius 3 is 2.57 bits per heavy atom. The second-order valence-corrected chi connectivity index (χ2v) is 9.44. The van der Waals surface area contributed by atoms with Crippen LogP contribution in [-0.4, -0.2) is 55.6 Å². The number of amides is 1. The lowest BCUT2D eigenvalue weighted by atomic mass is 9.95. The third-order valence-electron chi connectivity index (χ3n) is 6.10. The maximum absolute atomic E-state index is 13.1. The highest BCUT2D eigenvalue weighted by molar-refractivity contribution is 5.99. The van der Waals surface area contributed by atoms with Gasteiger partial charge in [-0.05, 0) is 51.7 Å². The lowest BCUT2D eigenvalue weighted by Gasteiger charge is -2.41. The lowest BCUT2D eigenvalue weighted by molar-refractivity contribution is 0.00113. The van der Waals surface area contributed by atoms with Gasteiger partial charge in [0.2, 0.25) is 0 Å². The minimum absolute atomic E-state index is 0.0732. The summed E-state index contributed by atoms with van der Waals surface area (Å²) in [5, 5.41) is 13.5. The van der Waals surface area contributed by atoms with Crippen LogP contribution in [0, 0.1) is 0 Å². The molecule has 0 radical (unpaired) electrons. The molecular formula is C22H32N4O2. The van der Waals surface area contributed by atoms with E-state index >= 15 is 0 Å². The predicted molar refractivity (Wildman–Crippen MR) is 110 cm³/mol. The van der Waals surface area contributed by atoms with Crippen LogP contribution in [0.25, 0.3) is 5.52 Å². The Kier molecular flexibility index (Phi) is 4.96. The van der Waals surface area contributed by atoms with Gasteiger partial charge >= 0.3 is 0 Å². The molecule has 2 atom stereocenters. The first-order chi connectivity index (χ1) is 13.2. The highest BCUT2D eigenvalue weighted by Gasteiger charge is 2.42. The number of imidazole rings is 1. The molecule has 1 amide bonds. The number of hydrogen-bond acceptors (Lipinski definition) is 4. The Morgan fingerprint density at radius 1 is 1.29 bits per heavy atom. The maximum atomic E-state index is 13.1. The molecule has 6 nitrogen and oxygen atoms in total. The number of pyridine rings is 1. The van der Waals surface area contributed by atoms with Crippen LogP contribution in [0.1, 0.15) is 75.6 Å². The van der Waals surface area contributed by atoms with Crippen molar-refractivity contribution in [3.8, 4) is 0 Å². The third-order valence-corrected chi connectivity index (χ3v) is 6.10. The van der Waals surface area contributed by atoms with Gasteiger partial charge in [-0.3, -0.25) is 9.69 Å². The van der Waals surface area contributed by atoms with Crippen LogP contribution in [0.4, 0.5) is 0 Å². The molecule has 2 aromatic heterocycles. The molecule has 0 spiro atoms. The number of nitrogens with one attached hydrogen (secondary N) is 1. The Hall–Kier alpha value is -1.92. The van der Waals surface area contributed by atoms with Gasteiger partial charge in [-0.2, -0.15) is 0 Å². The van der Waals surface area contributed by atoms with Crippen LogP contribution < -0.4 is 5.32 Å². The number of nitrogens with zero attached hydrogens (tertiary/aromatic N) is 3. The van der Waals surface area contributed by atoms with Crippen molar-refractivity contribution >= 4 is 11.4 Å². The first-order valence-electron chi connectivity index (χ1n) is 10.5. The summed E-state index contributed by atoms with van der Waals surface area (Å²) in [4.78, 5) is 20.2. The third kappa shape index (κ3) is 3.67. The van der Waals surface area contributed by atoms with Crippen molar-refractivity contribution in [1.29, 1.82) is 0 Å². The monoisotopic (exact) mass is 384 g/mol. The van der Waals surface area contributed by atoms with E-state index in [1.54, 1.807) is 0 Å². The van der Waals surface area contributed by atoms with E-state index in [9.17, 15) is 9.90 Å². The van der Waals surface area contributed by atoms with E-state index in [1.807, 2.05) is 42.6 Å². The van der Waals surface area contributed by atoms with E-state index < -0.39 is 5.60 Å². The average Bonchev–Trinajstić information content (AvgIpc) is 3.09. The Morgan fingerprint density at radius 2 is 1.96 bits per heavy atom. The van der Waals surface area contributed by atoms with E-state index in [2.05, 4.69) is 29.0 Å². The van der Waals surface area contributed by atoms with E-state index in [-0.39, 0.29) is 17.9 Å². The van der Waals surface area contributed by atoms with Gasteiger partial charge in [0.15, 0.2) is 5.69 Å². The fourth-order valence-electron chi connectivity index (χ4n) is 4.99. The van der Waals surface area contributed by atoms with Crippen LogP contribution in [0.5, 0.6) is 0 Å². The minimum atomic E-state index is -0.681. The van der Waals surface area contributed by atoms with Gasteiger partial charge in [-0.1, -0.05) is 19.9 Å². The summed E-state index contributed by atoms with van der Waals surface area (Å²) in [7, 11) is 0. The SMILES string of the molecule is CC(C)c1nc(C(=O)NC2CC3CCC(C2)N3CC(C)(C)O)c2ccccn12. The maximum Gasteiger partial charge on any atom is 0.272 e. The molecule has 2 aromatic rings. The lowest BCUT2D eigenvalue weighted by Crippen LogP contribution is -2.53. The van der Waals surface area contributed by atoms with Crippen molar-refractivity contribution in [3.63, 3.8) is 0 Å². The predicted octanol–water partition coefficient (Wildman–Crippen LogP) is 2.95. The number of carbonyl (C=O) groups is 1. The molecule has 152 valence electrons. The molecule has 0 aliphatic carbocycles. The summed E-state index contributed by atoms with van der Waals surface area (Å²) in [6.45, 7) is 8.64. The van der Waals surface area contributed by atoms with E-state index in [0.29, 0.717) is 24.3 Å². The van der Waals surface area contributed by atoms with Gasteiger partial charge in [0.1, 0.15) is 5.82 Å². The zero-order chi connectivity index (χ0) is 20.1. The minimum Gasteiger partial charge on any atom is -0.389 e.